The highest BCUT2D eigenvalue weighted by molar-refractivity contribution is 6.03. The average Bonchev–Trinajstić information content (AvgIpc) is 2.63. The summed E-state index contributed by atoms with van der Waals surface area (Å²) in [6.07, 6.45) is 3.10. The van der Waals surface area contributed by atoms with Gasteiger partial charge in [0.2, 0.25) is 0 Å². The van der Waals surface area contributed by atoms with Crippen LogP contribution in [0.3, 0.4) is 0 Å². The second-order valence-electron chi connectivity index (χ2n) is 5.58. The molecule has 1 aromatic carbocycles. The van der Waals surface area contributed by atoms with Gasteiger partial charge in [-0.2, -0.15) is 0 Å². The Morgan fingerprint density at radius 3 is 2.64 bits per heavy atom. The number of anilines is 3. The Balaban J connectivity index is 2.13. The lowest BCUT2D eigenvalue weighted by Gasteiger charge is -2.22. The molecule has 0 radical (unpaired) electrons. The van der Waals surface area contributed by atoms with Crippen LogP contribution in [0.15, 0.2) is 43.2 Å². The van der Waals surface area contributed by atoms with Gasteiger partial charge < -0.3 is 15.5 Å². The van der Waals surface area contributed by atoms with Gasteiger partial charge in [0.15, 0.2) is 0 Å². The summed E-state index contributed by atoms with van der Waals surface area (Å²) in [6, 6.07) is 7.66. The smallest absolute Gasteiger partial charge is 0.274 e. The summed E-state index contributed by atoms with van der Waals surface area (Å²) in [5.74, 6) is 0.330. The molecular weight excluding hydrogens is 314 g/mol. The van der Waals surface area contributed by atoms with Crippen LogP contribution in [-0.2, 0) is 0 Å². The van der Waals surface area contributed by atoms with Crippen molar-refractivity contribution in [3.05, 3.63) is 54.5 Å². The summed E-state index contributed by atoms with van der Waals surface area (Å²) in [5.41, 5.74) is 3.25. The molecule has 0 aliphatic carbocycles. The fraction of sp³-hybridized carbons (Fsp3) is 0.316. The molecule has 0 saturated carbocycles. The number of hydrogen-bond donors (Lipinski definition) is 2. The molecule has 2 rings (SSSR count). The first-order valence-corrected chi connectivity index (χ1v) is 8.42. The van der Waals surface area contributed by atoms with Crippen molar-refractivity contribution in [2.24, 2.45) is 0 Å². The van der Waals surface area contributed by atoms with Gasteiger partial charge in [0.05, 0.1) is 0 Å². The van der Waals surface area contributed by atoms with Crippen molar-refractivity contribution >= 4 is 23.1 Å². The number of amides is 1. The molecule has 0 atom stereocenters. The van der Waals surface area contributed by atoms with Crippen molar-refractivity contribution in [1.29, 1.82) is 0 Å². The number of carbonyl (C=O) groups is 1. The van der Waals surface area contributed by atoms with E-state index in [2.05, 4.69) is 52.0 Å². The van der Waals surface area contributed by atoms with Crippen LogP contribution in [0.25, 0.3) is 0 Å². The molecule has 1 amide bonds. The van der Waals surface area contributed by atoms with E-state index in [4.69, 9.17) is 0 Å². The highest BCUT2D eigenvalue weighted by Gasteiger charge is 2.11. The Hall–Kier alpha value is -2.89. The largest absolute Gasteiger partial charge is 0.372 e. The molecule has 0 spiro atoms. The zero-order valence-corrected chi connectivity index (χ0v) is 15.0. The maximum absolute atomic E-state index is 12.5. The molecule has 2 N–H and O–H groups in total. The maximum Gasteiger partial charge on any atom is 0.274 e. The molecule has 0 saturated heterocycles. The van der Waals surface area contributed by atoms with Gasteiger partial charge in [-0.3, -0.25) is 4.79 Å². The average molecular weight is 339 g/mol. The number of nitrogens with zero attached hydrogens (tertiary/aromatic N) is 3. The van der Waals surface area contributed by atoms with E-state index in [1.54, 1.807) is 12.1 Å². The third-order valence-electron chi connectivity index (χ3n) is 3.91. The van der Waals surface area contributed by atoms with Crippen LogP contribution < -0.4 is 15.5 Å². The normalized spacial score (nSPS) is 10.2. The topological polar surface area (TPSA) is 70.2 Å². The summed E-state index contributed by atoms with van der Waals surface area (Å²) in [6.45, 7) is 12.3. The van der Waals surface area contributed by atoms with E-state index in [9.17, 15) is 4.79 Å². The SMILES string of the molecule is C=CCNc1cc(C(=O)Nc2ccc(N(CC)CC)cc2C)ncn1. The predicted octanol–water partition coefficient (Wildman–Crippen LogP) is 3.48. The van der Waals surface area contributed by atoms with Crippen molar-refractivity contribution in [2.45, 2.75) is 20.8 Å². The number of aryl methyl sites for hydroxylation is 1. The molecule has 0 unspecified atom stereocenters. The van der Waals surface area contributed by atoms with Crippen molar-refractivity contribution < 1.29 is 4.79 Å². The monoisotopic (exact) mass is 339 g/mol. The molecule has 1 heterocycles. The van der Waals surface area contributed by atoms with E-state index in [1.165, 1.54) is 6.33 Å². The Morgan fingerprint density at radius 2 is 2.00 bits per heavy atom. The van der Waals surface area contributed by atoms with Gasteiger partial charge in [-0.15, -0.1) is 6.58 Å². The number of hydrogen-bond acceptors (Lipinski definition) is 5. The number of aromatic nitrogens is 2. The highest BCUT2D eigenvalue weighted by atomic mass is 16.1. The number of benzene rings is 1. The van der Waals surface area contributed by atoms with Crippen molar-refractivity contribution in [2.75, 3.05) is 35.2 Å². The van der Waals surface area contributed by atoms with E-state index in [-0.39, 0.29) is 5.91 Å². The first kappa shape index (κ1) is 18.4. The van der Waals surface area contributed by atoms with E-state index >= 15 is 0 Å². The fourth-order valence-electron chi connectivity index (χ4n) is 2.51. The zero-order chi connectivity index (χ0) is 18.2. The molecule has 132 valence electrons. The fourth-order valence-corrected chi connectivity index (χ4v) is 2.51. The molecule has 25 heavy (non-hydrogen) atoms. The lowest BCUT2D eigenvalue weighted by atomic mass is 10.1. The Kier molecular flexibility index (Phi) is 6.51. The summed E-state index contributed by atoms with van der Waals surface area (Å²) >= 11 is 0. The van der Waals surface area contributed by atoms with Crippen LogP contribution >= 0.6 is 0 Å². The highest BCUT2D eigenvalue weighted by Crippen LogP contribution is 2.23. The van der Waals surface area contributed by atoms with Gasteiger partial charge in [0.25, 0.3) is 5.91 Å². The van der Waals surface area contributed by atoms with Gasteiger partial charge in [-0.05, 0) is 44.5 Å². The van der Waals surface area contributed by atoms with Crippen molar-refractivity contribution in [3.63, 3.8) is 0 Å². The Labute approximate surface area is 149 Å². The van der Waals surface area contributed by atoms with E-state index < -0.39 is 0 Å². The molecule has 6 nitrogen and oxygen atoms in total. The second-order valence-corrected chi connectivity index (χ2v) is 5.58. The first-order chi connectivity index (χ1) is 12.1. The molecule has 6 heteroatoms. The summed E-state index contributed by atoms with van der Waals surface area (Å²) in [7, 11) is 0. The summed E-state index contributed by atoms with van der Waals surface area (Å²) < 4.78 is 0. The maximum atomic E-state index is 12.5. The molecule has 0 aliphatic rings. The quantitative estimate of drug-likeness (QED) is 0.721. The minimum Gasteiger partial charge on any atom is -0.372 e. The Morgan fingerprint density at radius 1 is 1.24 bits per heavy atom. The van der Waals surface area contributed by atoms with Gasteiger partial charge in [-0.25, -0.2) is 9.97 Å². The number of rotatable bonds is 8. The van der Waals surface area contributed by atoms with Crippen molar-refractivity contribution in [1.82, 2.24) is 9.97 Å². The summed E-state index contributed by atoms with van der Waals surface area (Å²) in [5, 5.41) is 5.96. The second kappa shape index (κ2) is 8.82. The van der Waals surface area contributed by atoms with Crippen LogP contribution in [-0.4, -0.2) is 35.5 Å². The molecular formula is C19H25N5O. The third-order valence-corrected chi connectivity index (χ3v) is 3.91. The molecule has 1 aromatic heterocycles. The third kappa shape index (κ3) is 4.79. The van der Waals surface area contributed by atoms with Gasteiger partial charge in [0.1, 0.15) is 17.8 Å². The number of nitrogens with one attached hydrogen (secondary N) is 2. The van der Waals surface area contributed by atoms with Gasteiger partial charge in [0, 0.05) is 37.1 Å². The van der Waals surface area contributed by atoms with E-state index in [1.807, 2.05) is 19.1 Å². The van der Waals surface area contributed by atoms with Crippen molar-refractivity contribution in [3.8, 4) is 0 Å². The molecule has 2 aromatic rings. The van der Waals surface area contributed by atoms with E-state index in [0.29, 0.717) is 18.1 Å². The minimum atomic E-state index is -0.261. The zero-order valence-electron chi connectivity index (χ0n) is 15.0. The predicted molar refractivity (Wildman–Crippen MR) is 103 cm³/mol. The van der Waals surface area contributed by atoms with E-state index in [0.717, 1.165) is 30.0 Å². The van der Waals surface area contributed by atoms with Crippen LogP contribution in [0.5, 0.6) is 0 Å². The molecule has 0 aliphatic heterocycles. The van der Waals surface area contributed by atoms with Crippen LogP contribution in [0, 0.1) is 6.92 Å². The molecule has 0 bridgehead atoms. The standard InChI is InChI=1S/C19H25N5O/c1-5-10-20-18-12-17(21-13-22-18)19(25)23-16-9-8-15(11-14(16)4)24(6-2)7-3/h5,8-9,11-13H,1,6-7,10H2,2-4H3,(H,23,25)(H,20,21,22). The summed E-state index contributed by atoms with van der Waals surface area (Å²) in [4.78, 5) is 22.9. The number of carbonyl (C=O) groups excluding carboxylic acids is 1. The molecule has 0 fully saturated rings. The Bertz CT molecular complexity index is 740. The lowest BCUT2D eigenvalue weighted by molar-refractivity contribution is 0.102. The van der Waals surface area contributed by atoms with Gasteiger partial charge in [-0.1, -0.05) is 6.08 Å². The van der Waals surface area contributed by atoms with Crippen LogP contribution in [0.2, 0.25) is 0 Å². The lowest BCUT2D eigenvalue weighted by Crippen LogP contribution is -2.22. The van der Waals surface area contributed by atoms with Gasteiger partial charge >= 0.3 is 0 Å². The van der Waals surface area contributed by atoms with Crippen LogP contribution in [0.4, 0.5) is 17.2 Å². The first-order valence-electron chi connectivity index (χ1n) is 8.42. The minimum absolute atomic E-state index is 0.261. The van der Waals surface area contributed by atoms with Crippen LogP contribution in [0.1, 0.15) is 29.9 Å².